The van der Waals surface area contributed by atoms with Gasteiger partial charge in [-0.3, -0.25) is 4.79 Å². The van der Waals surface area contributed by atoms with Crippen molar-refractivity contribution in [3.8, 4) is 0 Å². The molecule has 0 fully saturated rings. The van der Waals surface area contributed by atoms with E-state index in [1.165, 1.54) is 11.3 Å². The molecule has 0 aliphatic rings. The van der Waals surface area contributed by atoms with Crippen molar-refractivity contribution < 1.29 is 9.90 Å². The number of thiophene rings is 1. The van der Waals surface area contributed by atoms with E-state index >= 15 is 0 Å². The van der Waals surface area contributed by atoms with E-state index in [1.54, 1.807) is 18.7 Å². The van der Waals surface area contributed by atoms with Crippen LogP contribution in [0.5, 0.6) is 0 Å². The Kier molecular flexibility index (Phi) is 4.71. The largest absolute Gasteiger partial charge is 0.389 e. The summed E-state index contributed by atoms with van der Waals surface area (Å²) in [7, 11) is 0. The van der Waals surface area contributed by atoms with E-state index < -0.39 is 5.60 Å². The molecule has 1 heterocycles. The first kappa shape index (κ1) is 14.2. The average molecular weight is 255 g/mol. The molecule has 0 saturated carbocycles. The van der Waals surface area contributed by atoms with Crippen LogP contribution in [-0.4, -0.2) is 34.6 Å². The summed E-state index contributed by atoms with van der Waals surface area (Å²) in [4.78, 5) is 14.8. The van der Waals surface area contributed by atoms with Crippen LogP contribution in [0.3, 0.4) is 0 Å². The molecule has 1 aromatic heterocycles. The third kappa shape index (κ3) is 3.82. The van der Waals surface area contributed by atoms with Gasteiger partial charge in [-0.15, -0.1) is 11.3 Å². The van der Waals surface area contributed by atoms with E-state index in [0.717, 1.165) is 16.9 Å². The molecule has 1 N–H and O–H groups in total. The minimum atomic E-state index is -0.852. The van der Waals surface area contributed by atoms with Crippen molar-refractivity contribution >= 4 is 17.2 Å². The standard InChI is InChI=1S/C13H21NO2S/c1-5-10-7-8-17-11(10)12(15)14(6-2)9-13(3,4)16/h7-8,16H,5-6,9H2,1-4H3. The third-order valence-corrected chi connectivity index (χ3v) is 3.51. The topological polar surface area (TPSA) is 40.5 Å². The highest BCUT2D eigenvalue weighted by Gasteiger charge is 2.24. The van der Waals surface area contributed by atoms with Gasteiger partial charge >= 0.3 is 0 Å². The SMILES string of the molecule is CCc1ccsc1C(=O)N(CC)CC(C)(C)O. The van der Waals surface area contributed by atoms with E-state index in [2.05, 4.69) is 0 Å². The number of hydrogen-bond donors (Lipinski definition) is 1. The summed E-state index contributed by atoms with van der Waals surface area (Å²) < 4.78 is 0. The zero-order valence-corrected chi connectivity index (χ0v) is 11.8. The van der Waals surface area contributed by atoms with Gasteiger partial charge in [0.15, 0.2) is 0 Å². The summed E-state index contributed by atoms with van der Waals surface area (Å²) in [5.41, 5.74) is 0.240. The molecule has 0 atom stereocenters. The molecule has 0 radical (unpaired) electrons. The molecule has 17 heavy (non-hydrogen) atoms. The first-order valence-electron chi connectivity index (χ1n) is 5.97. The quantitative estimate of drug-likeness (QED) is 0.878. The third-order valence-electron chi connectivity index (χ3n) is 2.57. The number of likely N-dealkylation sites (N-methyl/N-ethyl adjacent to an activating group) is 1. The molecule has 1 aromatic rings. The Labute approximate surface area is 107 Å². The summed E-state index contributed by atoms with van der Waals surface area (Å²) >= 11 is 1.48. The lowest BCUT2D eigenvalue weighted by molar-refractivity contribution is 0.0317. The Morgan fingerprint density at radius 2 is 2.12 bits per heavy atom. The Hall–Kier alpha value is -0.870. The van der Waals surface area contributed by atoms with Crippen LogP contribution in [0.2, 0.25) is 0 Å². The number of hydrogen-bond acceptors (Lipinski definition) is 3. The average Bonchev–Trinajstić information content (AvgIpc) is 2.71. The van der Waals surface area contributed by atoms with Gasteiger partial charge in [0.05, 0.1) is 10.5 Å². The minimum Gasteiger partial charge on any atom is -0.389 e. The van der Waals surface area contributed by atoms with Gasteiger partial charge < -0.3 is 10.0 Å². The first-order chi connectivity index (χ1) is 7.89. The fourth-order valence-electron chi connectivity index (χ4n) is 1.74. The van der Waals surface area contributed by atoms with Gasteiger partial charge in [0.25, 0.3) is 5.91 Å². The lowest BCUT2D eigenvalue weighted by Gasteiger charge is -2.28. The molecule has 0 bridgehead atoms. The molecule has 96 valence electrons. The molecule has 4 heteroatoms. The maximum Gasteiger partial charge on any atom is 0.264 e. The molecule has 1 rings (SSSR count). The van der Waals surface area contributed by atoms with Gasteiger partial charge in [-0.1, -0.05) is 6.92 Å². The van der Waals surface area contributed by atoms with E-state index in [4.69, 9.17) is 0 Å². The van der Waals surface area contributed by atoms with Crippen LogP contribution >= 0.6 is 11.3 Å². The van der Waals surface area contributed by atoms with Crippen molar-refractivity contribution in [3.63, 3.8) is 0 Å². The van der Waals surface area contributed by atoms with Crippen LogP contribution in [-0.2, 0) is 6.42 Å². The van der Waals surface area contributed by atoms with Gasteiger partial charge in [0.1, 0.15) is 0 Å². The van der Waals surface area contributed by atoms with Crippen molar-refractivity contribution in [1.29, 1.82) is 0 Å². The maximum atomic E-state index is 12.3. The van der Waals surface area contributed by atoms with Crippen molar-refractivity contribution in [2.45, 2.75) is 39.7 Å². The second-order valence-corrected chi connectivity index (χ2v) is 5.68. The van der Waals surface area contributed by atoms with Crippen molar-refractivity contribution in [1.82, 2.24) is 4.90 Å². The molecule has 0 saturated heterocycles. The summed E-state index contributed by atoms with van der Waals surface area (Å²) in [6.07, 6.45) is 0.866. The molecule has 0 spiro atoms. The maximum absolute atomic E-state index is 12.3. The molecule has 0 unspecified atom stereocenters. The molecule has 3 nitrogen and oxygen atoms in total. The summed E-state index contributed by atoms with van der Waals surface area (Å²) in [6.45, 7) is 8.40. The Morgan fingerprint density at radius 1 is 1.47 bits per heavy atom. The Morgan fingerprint density at radius 3 is 2.59 bits per heavy atom. The number of carbonyl (C=O) groups is 1. The van der Waals surface area contributed by atoms with Crippen LogP contribution < -0.4 is 0 Å². The van der Waals surface area contributed by atoms with Crippen molar-refractivity contribution in [3.05, 3.63) is 21.9 Å². The van der Waals surface area contributed by atoms with Crippen molar-refractivity contribution in [2.75, 3.05) is 13.1 Å². The smallest absolute Gasteiger partial charge is 0.264 e. The van der Waals surface area contributed by atoms with Gasteiger partial charge in [-0.2, -0.15) is 0 Å². The second-order valence-electron chi connectivity index (χ2n) is 4.76. The highest BCUT2D eigenvalue weighted by atomic mass is 32.1. The Bertz CT molecular complexity index is 379. The number of carbonyl (C=O) groups excluding carboxylic acids is 1. The highest BCUT2D eigenvalue weighted by Crippen LogP contribution is 2.20. The molecule has 0 aromatic carbocycles. The summed E-state index contributed by atoms with van der Waals surface area (Å²) in [5, 5.41) is 11.7. The lowest BCUT2D eigenvalue weighted by Crippen LogP contribution is -2.42. The summed E-state index contributed by atoms with van der Waals surface area (Å²) in [6, 6.07) is 2.00. The predicted molar refractivity (Wildman–Crippen MR) is 71.6 cm³/mol. The predicted octanol–water partition coefficient (Wildman–Crippen LogP) is 2.54. The van der Waals surface area contributed by atoms with Gasteiger partial charge in [-0.25, -0.2) is 0 Å². The van der Waals surface area contributed by atoms with E-state index in [-0.39, 0.29) is 5.91 Å². The monoisotopic (exact) mass is 255 g/mol. The van der Waals surface area contributed by atoms with Crippen LogP contribution in [0.15, 0.2) is 11.4 Å². The van der Waals surface area contributed by atoms with E-state index in [9.17, 15) is 9.90 Å². The molecule has 1 amide bonds. The Balaban J connectivity index is 2.87. The molecule has 0 aliphatic heterocycles. The zero-order chi connectivity index (χ0) is 13.1. The van der Waals surface area contributed by atoms with E-state index in [0.29, 0.717) is 13.1 Å². The minimum absolute atomic E-state index is 0.0291. The number of aryl methyl sites for hydroxylation is 1. The van der Waals surface area contributed by atoms with Crippen LogP contribution in [0.4, 0.5) is 0 Å². The molecule has 0 aliphatic carbocycles. The van der Waals surface area contributed by atoms with Gasteiger partial charge in [0.2, 0.25) is 0 Å². The molecular formula is C13H21NO2S. The number of rotatable bonds is 5. The molecular weight excluding hydrogens is 234 g/mol. The van der Waals surface area contributed by atoms with Crippen molar-refractivity contribution in [2.24, 2.45) is 0 Å². The van der Waals surface area contributed by atoms with Crippen LogP contribution in [0.1, 0.15) is 42.9 Å². The normalized spacial score (nSPS) is 11.6. The first-order valence-corrected chi connectivity index (χ1v) is 6.85. The highest BCUT2D eigenvalue weighted by molar-refractivity contribution is 7.12. The van der Waals surface area contributed by atoms with Gasteiger partial charge in [0, 0.05) is 13.1 Å². The van der Waals surface area contributed by atoms with Gasteiger partial charge in [-0.05, 0) is 44.2 Å². The van der Waals surface area contributed by atoms with Crippen LogP contribution in [0, 0.1) is 0 Å². The fraction of sp³-hybridized carbons (Fsp3) is 0.615. The second kappa shape index (κ2) is 5.65. The number of nitrogens with zero attached hydrogens (tertiary/aromatic N) is 1. The fourth-order valence-corrected chi connectivity index (χ4v) is 2.70. The van der Waals surface area contributed by atoms with Crippen LogP contribution in [0.25, 0.3) is 0 Å². The van der Waals surface area contributed by atoms with E-state index in [1.807, 2.05) is 25.3 Å². The lowest BCUT2D eigenvalue weighted by atomic mass is 10.1. The number of aliphatic hydroxyl groups is 1. The number of amides is 1. The zero-order valence-electron chi connectivity index (χ0n) is 11.0. The summed E-state index contributed by atoms with van der Waals surface area (Å²) in [5.74, 6) is 0.0291.